The van der Waals surface area contributed by atoms with Gasteiger partial charge in [0, 0.05) is 35.5 Å². The van der Waals surface area contributed by atoms with Crippen LogP contribution in [-0.2, 0) is 0 Å². The fourth-order valence-corrected chi connectivity index (χ4v) is 4.28. The van der Waals surface area contributed by atoms with E-state index in [0.717, 1.165) is 52.0 Å². The van der Waals surface area contributed by atoms with E-state index < -0.39 is 0 Å². The third-order valence-electron chi connectivity index (χ3n) is 4.98. The first-order chi connectivity index (χ1) is 15.3. The van der Waals surface area contributed by atoms with Crippen LogP contribution in [0.3, 0.4) is 0 Å². The van der Waals surface area contributed by atoms with Crippen LogP contribution in [0.1, 0.15) is 6.42 Å². The number of fused-ring (bicyclic) bond motifs is 2. The van der Waals surface area contributed by atoms with E-state index in [1.807, 2.05) is 72.8 Å². The van der Waals surface area contributed by atoms with Gasteiger partial charge in [-0.3, -0.25) is 0 Å². The second kappa shape index (κ2) is 8.70. The summed E-state index contributed by atoms with van der Waals surface area (Å²) in [6, 6.07) is 25.1. The van der Waals surface area contributed by atoms with Gasteiger partial charge >= 0.3 is 5.63 Å². The summed E-state index contributed by atoms with van der Waals surface area (Å²) in [6.07, 6.45) is 0.940. The van der Waals surface area contributed by atoms with Gasteiger partial charge < -0.3 is 14.2 Å². The minimum absolute atomic E-state index is 0.349. The molecule has 31 heavy (non-hydrogen) atoms. The van der Waals surface area contributed by atoms with E-state index in [1.54, 1.807) is 17.8 Å². The van der Waals surface area contributed by atoms with E-state index in [-0.39, 0.29) is 5.63 Å². The SMILES string of the molecule is O=c1cc(-c2ccccc2)c2ccc(NCCCSc3nc4ccccc4o3)cc2o1. The Hall–Kier alpha value is -3.51. The predicted molar refractivity (Wildman–Crippen MR) is 126 cm³/mol. The van der Waals surface area contributed by atoms with Gasteiger partial charge in [-0.25, -0.2) is 9.78 Å². The molecule has 0 radical (unpaired) electrons. The smallest absolute Gasteiger partial charge is 0.336 e. The van der Waals surface area contributed by atoms with Crippen LogP contribution < -0.4 is 10.9 Å². The van der Waals surface area contributed by atoms with Gasteiger partial charge in [-0.15, -0.1) is 0 Å². The van der Waals surface area contributed by atoms with Gasteiger partial charge in [-0.05, 0) is 41.8 Å². The van der Waals surface area contributed by atoms with Gasteiger partial charge in [0.05, 0.1) is 0 Å². The van der Waals surface area contributed by atoms with E-state index in [2.05, 4.69) is 10.3 Å². The van der Waals surface area contributed by atoms with Gasteiger partial charge in [-0.2, -0.15) is 0 Å². The molecule has 0 aliphatic carbocycles. The number of anilines is 1. The zero-order valence-corrected chi connectivity index (χ0v) is 17.5. The van der Waals surface area contributed by atoms with E-state index in [4.69, 9.17) is 8.83 Å². The molecule has 3 aromatic carbocycles. The van der Waals surface area contributed by atoms with Gasteiger partial charge in [-0.1, -0.05) is 54.2 Å². The number of para-hydroxylation sites is 2. The Labute approximate surface area is 183 Å². The lowest BCUT2D eigenvalue weighted by molar-refractivity contribution is 0.489. The molecule has 0 unspecified atom stereocenters. The molecule has 0 spiro atoms. The lowest BCUT2D eigenvalue weighted by Gasteiger charge is -2.09. The van der Waals surface area contributed by atoms with Crippen LogP contribution in [0.15, 0.2) is 97.7 Å². The lowest BCUT2D eigenvalue weighted by atomic mass is 10.0. The molecule has 5 rings (SSSR count). The summed E-state index contributed by atoms with van der Waals surface area (Å²) >= 11 is 1.61. The highest BCUT2D eigenvalue weighted by atomic mass is 32.2. The van der Waals surface area contributed by atoms with Crippen LogP contribution in [-0.4, -0.2) is 17.3 Å². The summed E-state index contributed by atoms with van der Waals surface area (Å²) in [5.74, 6) is 0.890. The fraction of sp³-hybridized carbons (Fsp3) is 0.120. The second-order valence-corrected chi connectivity index (χ2v) is 8.18. The molecule has 0 saturated carbocycles. The third kappa shape index (κ3) is 4.34. The van der Waals surface area contributed by atoms with E-state index in [9.17, 15) is 4.79 Å². The van der Waals surface area contributed by atoms with Crippen molar-refractivity contribution in [3.05, 3.63) is 89.3 Å². The van der Waals surface area contributed by atoms with E-state index in [1.165, 1.54) is 0 Å². The van der Waals surface area contributed by atoms with Crippen molar-refractivity contribution < 1.29 is 8.83 Å². The molecule has 0 bridgehead atoms. The first kappa shape index (κ1) is 19.5. The Morgan fingerprint density at radius 3 is 2.58 bits per heavy atom. The highest BCUT2D eigenvalue weighted by Gasteiger charge is 2.09. The summed E-state index contributed by atoms with van der Waals surface area (Å²) < 4.78 is 11.2. The van der Waals surface area contributed by atoms with Crippen molar-refractivity contribution in [2.45, 2.75) is 11.6 Å². The summed E-state index contributed by atoms with van der Waals surface area (Å²) in [7, 11) is 0. The van der Waals surface area contributed by atoms with Crippen LogP contribution >= 0.6 is 11.8 Å². The summed E-state index contributed by atoms with van der Waals surface area (Å²) in [5.41, 5.74) is 4.74. The number of hydrogen-bond acceptors (Lipinski definition) is 6. The second-order valence-electron chi connectivity index (χ2n) is 7.13. The normalized spacial score (nSPS) is 11.2. The molecule has 0 aliphatic rings. The Balaban J connectivity index is 1.23. The molecule has 0 amide bonds. The highest BCUT2D eigenvalue weighted by Crippen LogP contribution is 2.29. The summed E-state index contributed by atoms with van der Waals surface area (Å²) in [5, 5.41) is 5.02. The molecule has 5 aromatic rings. The number of oxazole rings is 1. The maximum absolute atomic E-state index is 12.1. The highest BCUT2D eigenvalue weighted by molar-refractivity contribution is 7.99. The largest absolute Gasteiger partial charge is 0.431 e. The third-order valence-corrected chi connectivity index (χ3v) is 5.89. The van der Waals surface area contributed by atoms with Crippen LogP contribution in [0, 0.1) is 0 Å². The van der Waals surface area contributed by atoms with Crippen molar-refractivity contribution in [3.63, 3.8) is 0 Å². The molecule has 5 nitrogen and oxygen atoms in total. The van der Waals surface area contributed by atoms with Crippen molar-refractivity contribution >= 4 is 39.5 Å². The Morgan fingerprint density at radius 2 is 1.71 bits per heavy atom. The predicted octanol–water partition coefficient (Wildman–Crippen LogP) is 6.20. The number of nitrogens with one attached hydrogen (secondary N) is 1. The summed E-state index contributed by atoms with van der Waals surface area (Å²) in [4.78, 5) is 16.6. The molecule has 154 valence electrons. The average Bonchev–Trinajstić information content (AvgIpc) is 3.21. The van der Waals surface area contributed by atoms with Crippen LogP contribution in [0.4, 0.5) is 5.69 Å². The quantitative estimate of drug-likeness (QED) is 0.189. The number of thioether (sulfide) groups is 1. The molecule has 0 fully saturated rings. The van der Waals surface area contributed by atoms with Gasteiger partial charge in [0.25, 0.3) is 5.22 Å². The maximum atomic E-state index is 12.1. The molecule has 0 saturated heterocycles. The molecular weight excluding hydrogens is 408 g/mol. The van der Waals surface area contributed by atoms with Crippen molar-refractivity contribution in [2.75, 3.05) is 17.6 Å². The van der Waals surface area contributed by atoms with Crippen molar-refractivity contribution in [1.29, 1.82) is 0 Å². The number of benzene rings is 3. The molecule has 1 N–H and O–H groups in total. The Morgan fingerprint density at radius 1 is 0.871 bits per heavy atom. The van der Waals surface area contributed by atoms with Crippen molar-refractivity contribution in [1.82, 2.24) is 4.98 Å². The minimum atomic E-state index is -0.349. The molecule has 0 atom stereocenters. The zero-order chi connectivity index (χ0) is 21.0. The van der Waals surface area contributed by atoms with E-state index >= 15 is 0 Å². The monoisotopic (exact) mass is 428 g/mol. The van der Waals surface area contributed by atoms with Crippen LogP contribution in [0.5, 0.6) is 0 Å². The molecule has 6 heteroatoms. The molecule has 2 aromatic heterocycles. The van der Waals surface area contributed by atoms with Crippen LogP contribution in [0.25, 0.3) is 33.2 Å². The van der Waals surface area contributed by atoms with Crippen molar-refractivity contribution in [3.8, 4) is 11.1 Å². The molecular formula is C25H20N2O3S. The van der Waals surface area contributed by atoms with Gasteiger partial charge in [0.15, 0.2) is 5.58 Å². The number of nitrogens with zero attached hydrogens (tertiary/aromatic N) is 1. The Kier molecular flexibility index (Phi) is 5.46. The zero-order valence-electron chi connectivity index (χ0n) is 16.7. The standard InChI is InChI=1S/C25H20N2O3S/c28-24-16-20(17-7-2-1-3-8-17)19-12-11-18(15-23(19)29-24)26-13-6-14-31-25-27-21-9-4-5-10-22(21)30-25/h1-5,7-12,15-16,26H,6,13-14H2. The van der Waals surface area contributed by atoms with E-state index in [0.29, 0.717) is 10.8 Å². The lowest BCUT2D eigenvalue weighted by Crippen LogP contribution is -2.03. The Bertz CT molecular complexity index is 1360. The summed E-state index contributed by atoms with van der Waals surface area (Å²) in [6.45, 7) is 0.793. The molecule has 0 aliphatic heterocycles. The van der Waals surface area contributed by atoms with Gasteiger partial charge in [0.2, 0.25) is 0 Å². The topological polar surface area (TPSA) is 68.3 Å². The maximum Gasteiger partial charge on any atom is 0.336 e. The average molecular weight is 429 g/mol. The van der Waals surface area contributed by atoms with Crippen molar-refractivity contribution in [2.24, 2.45) is 0 Å². The van der Waals surface area contributed by atoms with Crippen LogP contribution in [0.2, 0.25) is 0 Å². The number of rotatable bonds is 7. The minimum Gasteiger partial charge on any atom is -0.431 e. The first-order valence-corrected chi connectivity index (χ1v) is 11.1. The number of hydrogen-bond donors (Lipinski definition) is 1. The molecule has 2 heterocycles. The number of aromatic nitrogens is 1. The fourth-order valence-electron chi connectivity index (χ4n) is 3.51. The van der Waals surface area contributed by atoms with Gasteiger partial charge in [0.1, 0.15) is 11.1 Å². The first-order valence-electron chi connectivity index (χ1n) is 10.1.